The van der Waals surface area contributed by atoms with Gasteiger partial charge in [-0.3, -0.25) is 4.79 Å². The zero-order valence-electron chi connectivity index (χ0n) is 15.5. The van der Waals surface area contributed by atoms with Crippen molar-refractivity contribution in [1.82, 2.24) is 4.57 Å². The molecule has 0 fully saturated rings. The smallest absolute Gasteiger partial charge is 0.255 e. The van der Waals surface area contributed by atoms with Crippen LogP contribution in [-0.2, 0) is 0 Å². The van der Waals surface area contributed by atoms with Gasteiger partial charge >= 0.3 is 0 Å². The number of nitrogens with zero attached hydrogens (tertiary/aromatic N) is 1. The van der Waals surface area contributed by atoms with Gasteiger partial charge in [-0.05, 0) is 64.7 Å². The molecule has 0 aliphatic heterocycles. The van der Waals surface area contributed by atoms with Crippen LogP contribution >= 0.6 is 15.9 Å². The van der Waals surface area contributed by atoms with Crippen molar-refractivity contribution in [2.75, 3.05) is 5.32 Å². The number of carbonyl (C=O) groups is 1. The highest BCUT2D eigenvalue weighted by atomic mass is 79.9. The summed E-state index contributed by atoms with van der Waals surface area (Å²) in [5.41, 5.74) is 3.47. The lowest BCUT2D eigenvalue weighted by Crippen LogP contribution is -2.12. The summed E-state index contributed by atoms with van der Waals surface area (Å²) < 4.78 is 3.14. The van der Waals surface area contributed by atoms with E-state index in [2.05, 4.69) is 44.0 Å². The summed E-state index contributed by atoms with van der Waals surface area (Å²) in [5, 5.41) is 6.38. The maximum Gasteiger partial charge on any atom is 0.255 e. The molecule has 0 saturated heterocycles. The Labute approximate surface area is 176 Å². The summed E-state index contributed by atoms with van der Waals surface area (Å²) >= 11 is 3.56. The number of hydrogen-bond acceptors (Lipinski definition) is 1. The van der Waals surface area contributed by atoms with E-state index < -0.39 is 0 Å². The van der Waals surface area contributed by atoms with Gasteiger partial charge in [0.1, 0.15) is 0 Å². The minimum atomic E-state index is -0.127. The normalized spacial score (nSPS) is 11.1. The zero-order chi connectivity index (χ0) is 19.8. The second-order valence-corrected chi connectivity index (χ2v) is 7.78. The van der Waals surface area contributed by atoms with E-state index in [1.165, 1.54) is 5.39 Å². The zero-order valence-corrected chi connectivity index (χ0v) is 17.1. The minimum absolute atomic E-state index is 0.127. The monoisotopic (exact) mass is 440 g/mol. The molecule has 4 heteroatoms. The van der Waals surface area contributed by atoms with Crippen LogP contribution in [0.5, 0.6) is 0 Å². The van der Waals surface area contributed by atoms with E-state index in [1.807, 2.05) is 79.0 Å². The van der Waals surface area contributed by atoms with E-state index in [9.17, 15) is 4.79 Å². The second-order valence-electron chi connectivity index (χ2n) is 6.92. The Bertz CT molecular complexity index is 1370. The third kappa shape index (κ3) is 3.32. The summed E-state index contributed by atoms with van der Waals surface area (Å²) in [4.78, 5) is 12.9. The van der Waals surface area contributed by atoms with Crippen LogP contribution in [-0.4, -0.2) is 10.5 Å². The van der Waals surface area contributed by atoms with Crippen LogP contribution in [0.15, 0.2) is 102 Å². The number of anilines is 1. The molecular formula is C25H17BrN2O. The van der Waals surface area contributed by atoms with Gasteiger partial charge in [-0.1, -0.05) is 58.4 Å². The summed E-state index contributed by atoms with van der Waals surface area (Å²) in [6.45, 7) is 0. The Morgan fingerprint density at radius 2 is 1.62 bits per heavy atom. The van der Waals surface area contributed by atoms with Crippen LogP contribution in [0, 0.1) is 0 Å². The molecule has 0 aliphatic rings. The van der Waals surface area contributed by atoms with Crippen molar-refractivity contribution in [1.29, 1.82) is 0 Å². The number of halogens is 1. The molecule has 29 heavy (non-hydrogen) atoms. The molecule has 0 radical (unpaired) electrons. The highest BCUT2D eigenvalue weighted by Crippen LogP contribution is 2.27. The van der Waals surface area contributed by atoms with Gasteiger partial charge in [0.25, 0.3) is 5.91 Å². The van der Waals surface area contributed by atoms with Crippen molar-refractivity contribution in [3.63, 3.8) is 0 Å². The number of hydrogen-bond donors (Lipinski definition) is 1. The Morgan fingerprint density at radius 3 is 2.55 bits per heavy atom. The lowest BCUT2D eigenvalue weighted by molar-refractivity contribution is 0.102. The van der Waals surface area contributed by atoms with E-state index in [0.29, 0.717) is 5.56 Å². The Morgan fingerprint density at radius 1 is 0.793 bits per heavy atom. The highest BCUT2D eigenvalue weighted by Gasteiger charge is 2.10. The average Bonchev–Trinajstić information content (AvgIpc) is 3.18. The Balaban J connectivity index is 1.46. The van der Waals surface area contributed by atoms with Crippen molar-refractivity contribution in [2.24, 2.45) is 0 Å². The summed E-state index contributed by atoms with van der Waals surface area (Å²) in [5.74, 6) is -0.127. The molecule has 1 amide bonds. The molecular weight excluding hydrogens is 424 g/mol. The van der Waals surface area contributed by atoms with Crippen LogP contribution in [0.4, 0.5) is 5.69 Å². The van der Waals surface area contributed by atoms with Gasteiger partial charge < -0.3 is 9.88 Å². The number of para-hydroxylation sites is 1. The predicted octanol–water partition coefficient (Wildman–Crippen LogP) is 6.80. The van der Waals surface area contributed by atoms with Crippen LogP contribution in [0.25, 0.3) is 27.4 Å². The fraction of sp³-hybridized carbons (Fsp3) is 0. The highest BCUT2D eigenvalue weighted by molar-refractivity contribution is 9.10. The third-order valence-electron chi connectivity index (χ3n) is 5.07. The SMILES string of the molecule is O=C(Nc1ccc2c(Br)cccc2c1)c1cccc(-n2ccc3ccccc32)c1. The molecule has 5 aromatic rings. The molecule has 0 saturated carbocycles. The van der Waals surface area contributed by atoms with Crippen molar-refractivity contribution in [2.45, 2.75) is 0 Å². The van der Waals surface area contributed by atoms with Gasteiger partial charge in [0.05, 0.1) is 5.52 Å². The van der Waals surface area contributed by atoms with Crippen molar-refractivity contribution in [3.8, 4) is 5.69 Å². The molecule has 0 unspecified atom stereocenters. The lowest BCUT2D eigenvalue weighted by atomic mass is 10.1. The number of rotatable bonds is 3. The minimum Gasteiger partial charge on any atom is -0.322 e. The molecule has 0 spiro atoms. The summed E-state index contributed by atoms with van der Waals surface area (Å²) in [6, 6.07) is 29.9. The van der Waals surface area contributed by atoms with Crippen LogP contribution in [0.2, 0.25) is 0 Å². The number of benzene rings is 4. The van der Waals surface area contributed by atoms with E-state index in [4.69, 9.17) is 0 Å². The molecule has 0 atom stereocenters. The quantitative estimate of drug-likeness (QED) is 0.328. The third-order valence-corrected chi connectivity index (χ3v) is 5.76. The molecule has 4 aromatic carbocycles. The number of carbonyl (C=O) groups excluding carboxylic acids is 1. The molecule has 5 rings (SSSR count). The first-order valence-corrected chi connectivity index (χ1v) is 10.1. The fourth-order valence-electron chi connectivity index (χ4n) is 3.63. The summed E-state index contributed by atoms with van der Waals surface area (Å²) in [7, 11) is 0. The Kier molecular flexibility index (Phi) is 4.41. The molecule has 140 valence electrons. The second kappa shape index (κ2) is 7.22. The first kappa shape index (κ1) is 17.7. The standard InChI is InChI=1S/C25H17BrN2O/c26-23-9-4-6-18-15-20(11-12-22(18)23)27-25(29)19-7-3-8-21(16-19)28-14-13-17-5-1-2-10-24(17)28/h1-16H,(H,27,29). The van der Waals surface area contributed by atoms with Crippen LogP contribution in [0.1, 0.15) is 10.4 Å². The van der Waals surface area contributed by atoms with Gasteiger partial charge in [0, 0.05) is 27.6 Å². The van der Waals surface area contributed by atoms with Crippen molar-refractivity contribution in [3.05, 3.63) is 107 Å². The van der Waals surface area contributed by atoms with Crippen molar-refractivity contribution >= 4 is 49.2 Å². The Hall–Kier alpha value is -3.37. The first-order chi connectivity index (χ1) is 14.2. The van der Waals surface area contributed by atoms with Crippen molar-refractivity contribution < 1.29 is 4.79 Å². The van der Waals surface area contributed by atoms with E-state index in [-0.39, 0.29) is 5.91 Å². The molecule has 1 N–H and O–H groups in total. The van der Waals surface area contributed by atoms with Crippen LogP contribution < -0.4 is 5.32 Å². The molecule has 0 aliphatic carbocycles. The molecule has 1 heterocycles. The predicted molar refractivity (Wildman–Crippen MR) is 123 cm³/mol. The molecule has 1 aromatic heterocycles. The summed E-state index contributed by atoms with van der Waals surface area (Å²) in [6.07, 6.45) is 2.03. The maximum absolute atomic E-state index is 12.9. The maximum atomic E-state index is 12.9. The topological polar surface area (TPSA) is 34.0 Å². The lowest BCUT2D eigenvalue weighted by Gasteiger charge is -2.10. The van der Waals surface area contributed by atoms with E-state index in [0.717, 1.165) is 32.1 Å². The number of fused-ring (bicyclic) bond motifs is 2. The fourth-order valence-corrected chi connectivity index (χ4v) is 4.14. The number of nitrogens with one attached hydrogen (secondary N) is 1. The van der Waals surface area contributed by atoms with Gasteiger partial charge in [0.15, 0.2) is 0 Å². The van der Waals surface area contributed by atoms with E-state index in [1.54, 1.807) is 0 Å². The van der Waals surface area contributed by atoms with Gasteiger partial charge in [-0.2, -0.15) is 0 Å². The molecule has 3 nitrogen and oxygen atoms in total. The van der Waals surface area contributed by atoms with Gasteiger partial charge in [-0.15, -0.1) is 0 Å². The van der Waals surface area contributed by atoms with Gasteiger partial charge in [0.2, 0.25) is 0 Å². The van der Waals surface area contributed by atoms with Crippen LogP contribution in [0.3, 0.4) is 0 Å². The number of amides is 1. The molecule has 0 bridgehead atoms. The van der Waals surface area contributed by atoms with Gasteiger partial charge in [-0.25, -0.2) is 0 Å². The number of aromatic nitrogens is 1. The van der Waals surface area contributed by atoms with E-state index >= 15 is 0 Å². The largest absolute Gasteiger partial charge is 0.322 e. The average molecular weight is 441 g/mol. The first-order valence-electron chi connectivity index (χ1n) is 9.35.